The van der Waals surface area contributed by atoms with Crippen molar-refractivity contribution in [2.75, 3.05) is 24.3 Å². The number of hydrogen-bond donors (Lipinski definition) is 3. The number of anilines is 2. The molecular weight excluding hydrogens is 478 g/mol. The molecule has 3 unspecified atom stereocenters. The summed E-state index contributed by atoms with van der Waals surface area (Å²) in [5, 5.41) is 6.29. The number of methoxy groups -OCH3 is 1. The molecular formula is C31H30N3O4+. The molecule has 3 aromatic rings. The van der Waals surface area contributed by atoms with Crippen molar-refractivity contribution < 1.29 is 24.0 Å². The largest absolute Gasteiger partial charge is 0.497 e. The Labute approximate surface area is 221 Å². The van der Waals surface area contributed by atoms with E-state index in [1.807, 2.05) is 38.1 Å². The topological polar surface area (TPSA) is 88.9 Å². The minimum Gasteiger partial charge on any atom is -0.497 e. The van der Waals surface area contributed by atoms with Crippen molar-refractivity contribution in [3.8, 4) is 5.75 Å². The Morgan fingerprint density at radius 2 is 1.79 bits per heavy atom. The Kier molecular flexibility index (Phi) is 4.74. The van der Waals surface area contributed by atoms with Crippen molar-refractivity contribution in [3.63, 3.8) is 0 Å². The molecule has 0 aliphatic carbocycles. The zero-order valence-electron chi connectivity index (χ0n) is 21.7. The summed E-state index contributed by atoms with van der Waals surface area (Å²) in [5.41, 5.74) is 2.81. The first kappa shape index (κ1) is 23.2. The monoisotopic (exact) mass is 508 g/mol. The SMILES string of the molecule is COc1cccc(C(=O)C2C3CCC[NH+]3[C@@]3(C(=O)Nc4c(C)cc(C)cc43)[C@@]23C(=O)Nc2ccccc23)c1. The molecule has 0 radical (unpaired) electrons. The van der Waals surface area contributed by atoms with Gasteiger partial charge in [-0.3, -0.25) is 14.4 Å². The summed E-state index contributed by atoms with van der Waals surface area (Å²) in [5.74, 6) is -0.740. The lowest BCUT2D eigenvalue weighted by atomic mass is 9.57. The summed E-state index contributed by atoms with van der Waals surface area (Å²) in [6, 6.07) is 18.6. The van der Waals surface area contributed by atoms with E-state index in [1.54, 1.807) is 31.4 Å². The van der Waals surface area contributed by atoms with Gasteiger partial charge in [0.15, 0.2) is 11.2 Å². The predicted molar refractivity (Wildman–Crippen MR) is 143 cm³/mol. The van der Waals surface area contributed by atoms with Crippen molar-refractivity contribution in [1.82, 2.24) is 0 Å². The quantitative estimate of drug-likeness (QED) is 0.475. The number of aryl methyl sites for hydroxylation is 2. The fourth-order valence-corrected chi connectivity index (χ4v) is 8.26. The van der Waals surface area contributed by atoms with E-state index >= 15 is 0 Å². The van der Waals surface area contributed by atoms with E-state index in [2.05, 4.69) is 22.8 Å². The van der Waals surface area contributed by atoms with Crippen LogP contribution in [0.5, 0.6) is 5.75 Å². The third-order valence-corrected chi connectivity index (χ3v) is 9.41. The molecule has 4 heterocycles. The molecule has 3 aromatic carbocycles. The standard InChI is InChI=1S/C31H29N3O4/c1-17-14-18(2)26-22(15-17)31(29(37)33-26)30(21-10-4-5-11-23(21)32-28(30)36)25(24-12-7-13-34(24)31)27(35)19-8-6-9-20(16-19)38-3/h4-6,8-11,14-16,24-25H,7,12-13H2,1-3H3,(H,32,36)(H,33,37)/p+1/t24?,25?,30-,31+/m1/s1. The van der Waals surface area contributed by atoms with Gasteiger partial charge in [-0.1, -0.05) is 42.0 Å². The molecule has 7 heteroatoms. The highest BCUT2D eigenvalue weighted by Crippen LogP contribution is 2.61. The van der Waals surface area contributed by atoms with Crippen molar-refractivity contribution in [3.05, 3.63) is 88.5 Å². The summed E-state index contributed by atoms with van der Waals surface area (Å²) in [7, 11) is 1.57. The first-order chi connectivity index (χ1) is 18.3. The van der Waals surface area contributed by atoms with Gasteiger partial charge in [0.1, 0.15) is 11.8 Å². The molecule has 4 aliphatic rings. The van der Waals surface area contributed by atoms with Crippen LogP contribution in [-0.2, 0) is 20.5 Å². The van der Waals surface area contributed by atoms with Gasteiger partial charge in [0, 0.05) is 29.7 Å². The minimum absolute atomic E-state index is 0.123. The number of carbonyl (C=O) groups excluding carboxylic acids is 3. The van der Waals surface area contributed by atoms with Gasteiger partial charge in [-0.2, -0.15) is 0 Å². The van der Waals surface area contributed by atoms with E-state index in [-0.39, 0.29) is 23.6 Å². The van der Waals surface area contributed by atoms with E-state index in [0.717, 1.165) is 45.7 Å². The second-order valence-electron chi connectivity index (χ2n) is 11.1. The molecule has 2 fully saturated rings. The van der Waals surface area contributed by atoms with Gasteiger partial charge in [0.05, 0.1) is 25.3 Å². The summed E-state index contributed by atoms with van der Waals surface area (Å²) in [6.07, 6.45) is 1.65. The first-order valence-corrected chi connectivity index (χ1v) is 13.2. The number of fused-ring (bicyclic) bond motifs is 7. The normalized spacial score (nSPS) is 30.2. The molecule has 2 spiro atoms. The van der Waals surface area contributed by atoms with E-state index < -0.39 is 16.9 Å². The molecule has 7 nitrogen and oxygen atoms in total. The van der Waals surface area contributed by atoms with Crippen LogP contribution < -0.4 is 20.3 Å². The fourth-order valence-electron chi connectivity index (χ4n) is 8.26. The van der Waals surface area contributed by atoms with Gasteiger partial charge in [0.25, 0.3) is 5.91 Å². The van der Waals surface area contributed by atoms with Gasteiger partial charge in [0.2, 0.25) is 11.4 Å². The van der Waals surface area contributed by atoms with Crippen LogP contribution in [0, 0.1) is 19.8 Å². The van der Waals surface area contributed by atoms with Crippen LogP contribution in [0.2, 0.25) is 0 Å². The highest BCUT2D eigenvalue weighted by molar-refractivity contribution is 6.20. The number of ether oxygens (including phenoxy) is 1. The number of amides is 2. The van der Waals surface area contributed by atoms with Crippen LogP contribution >= 0.6 is 0 Å². The molecule has 38 heavy (non-hydrogen) atoms. The number of Topliss-reactive ketones (excluding diaryl/α,β-unsaturated/α-hetero) is 1. The molecule has 5 atom stereocenters. The summed E-state index contributed by atoms with van der Waals surface area (Å²) >= 11 is 0. The van der Waals surface area contributed by atoms with Crippen molar-refractivity contribution in [1.29, 1.82) is 0 Å². The maximum atomic E-state index is 14.7. The molecule has 7 rings (SSSR count). The Bertz CT molecular complexity index is 1560. The molecule has 2 amide bonds. The highest BCUT2D eigenvalue weighted by atomic mass is 16.5. The van der Waals surface area contributed by atoms with Crippen LogP contribution in [0.1, 0.15) is 45.5 Å². The number of para-hydroxylation sites is 1. The third-order valence-electron chi connectivity index (χ3n) is 9.41. The Balaban J connectivity index is 1.59. The highest BCUT2D eigenvalue weighted by Gasteiger charge is 2.85. The lowest BCUT2D eigenvalue weighted by molar-refractivity contribution is -0.949. The molecule has 3 N–H and O–H groups in total. The summed E-state index contributed by atoms with van der Waals surface area (Å²) in [4.78, 5) is 44.8. The molecule has 0 aromatic heterocycles. The average molecular weight is 509 g/mol. The number of benzene rings is 3. The zero-order chi connectivity index (χ0) is 26.4. The number of carbonyl (C=O) groups is 3. The van der Waals surface area contributed by atoms with Crippen molar-refractivity contribution in [2.24, 2.45) is 5.92 Å². The average Bonchev–Trinajstić information content (AvgIpc) is 3.63. The third kappa shape index (κ3) is 2.55. The zero-order valence-corrected chi connectivity index (χ0v) is 21.7. The van der Waals surface area contributed by atoms with Gasteiger partial charge in [-0.15, -0.1) is 0 Å². The Hall–Kier alpha value is -3.97. The van der Waals surface area contributed by atoms with Gasteiger partial charge in [-0.25, -0.2) is 0 Å². The lowest BCUT2D eigenvalue weighted by Crippen LogP contribution is -3.20. The van der Waals surface area contributed by atoms with Crippen LogP contribution in [0.25, 0.3) is 0 Å². The van der Waals surface area contributed by atoms with Crippen LogP contribution in [0.4, 0.5) is 11.4 Å². The van der Waals surface area contributed by atoms with Gasteiger partial charge >= 0.3 is 0 Å². The minimum atomic E-state index is -1.40. The maximum absolute atomic E-state index is 14.7. The Morgan fingerprint density at radius 3 is 2.61 bits per heavy atom. The number of rotatable bonds is 3. The fraction of sp³-hybridized carbons (Fsp3) is 0.323. The van der Waals surface area contributed by atoms with E-state index in [9.17, 15) is 14.4 Å². The first-order valence-electron chi connectivity index (χ1n) is 13.2. The summed E-state index contributed by atoms with van der Waals surface area (Å²) in [6.45, 7) is 4.72. The van der Waals surface area contributed by atoms with Gasteiger partial charge < -0.3 is 20.3 Å². The van der Waals surface area contributed by atoms with Crippen molar-refractivity contribution >= 4 is 29.0 Å². The van der Waals surface area contributed by atoms with Crippen molar-refractivity contribution in [2.45, 2.75) is 43.7 Å². The molecule has 0 saturated carbocycles. The maximum Gasteiger partial charge on any atom is 0.292 e. The van der Waals surface area contributed by atoms with Gasteiger partial charge in [-0.05, 0) is 49.2 Å². The van der Waals surface area contributed by atoms with Crippen LogP contribution in [-0.4, -0.2) is 37.3 Å². The van der Waals surface area contributed by atoms with E-state index in [4.69, 9.17) is 4.74 Å². The second-order valence-corrected chi connectivity index (χ2v) is 11.1. The summed E-state index contributed by atoms with van der Waals surface area (Å²) < 4.78 is 5.43. The number of nitrogens with one attached hydrogen (secondary N) is 3. The predicted octanol–water partition coefficient (Wildman–Crippen LogP) is 2.91. The van der Waals surface area contributed by atoms with Crippen LogP contribution in [0.3, 0.4) is 0 Å². The van der Waals surface area contributed by atoms with E-state index in [1.165, 1.54) is 0 Å². The Morgan fingerprint density at radius 1 is 0.974 bits per heavy atom. The molecule has 192 valence electrons. The lowest BCUT2D eigenvalue weighted by Gasteiger charge is -2.40. The van der Waals surface area contributed by atoms with Crippen LogP contribution in [0.15, 0.2) is 60.7 Å². The number of quaternary nitrogens is 1. The molecule has 0 bridgehead atoms. The molecule has 2 saturated heterocycles. The molecule has 4 aliphatic heterocycles. The second kappa shape index (κ2) is 7.77. The smallest absolute Gasteiger partial charge is 0.292 e. The number of ketones is 1. The number of hydrogen-bond acceptors (Lipinski definition) is 4. The van der Waals surface area contributed by atoms with E-state index in [0.29, 0.717) is 23.5 Å².